The predicted molar refractivity (Wildman–Crippen MR) is 74.7 cm³/mol. The summed E-state index contributed by atoms with van der Waals surface area (Å²) in [5, 5.41) is 0. The van der Waals surface area contributed by atoms with E-state index in [-0.39, 0.29) is 17.7 Å². The average molecular weight is 270 g/mol. The van der Waals surface area contributed by atoms with E-state index in [1.807, 2.05) is 44.2 Å². The second-order valence-corrected chi connectivity index (χ2v) is 6.63. The molecule has 4 nitrogen and oxygen atoms in total. The lowest BCUT2D eigenvalue weighted by Gasteiger charge is -2.20. The van der Waals surface area contributed by atoms with Crippen molar-refractivity contribution in [2.75, 3.05) is 12.3 Å². The van der Waals surface area contributed by atoms with Crippen LogP contribution in [0.3, 0.4) is 0 Å². The fraction of sp³-hybridized carbons (Fsp3) is 0.538. The molecule has 1 unspecified atom stereocenters. The first kappa shape index (κ1) is 15.1. The number of aryl methyl sites for hydroxylation is 1. The van der Waals surface area contributed by atoms with Crippen LogP contribution in [0.25, 0.3) is 0 Å². The lowest BCUT2D eigenvalue weighted by Crippen LogP contribution is -2.44. The number of hydrogen-bond donors (Lipinski definition) is 2. The Bertz CT molecular complexity index is 443. The van der Waals surface area contributed by atoms with E-state index in [2.05, 4.69) is 4.72 Å². The van der Waals surface area contributed by atoms with Gasteiger partial charge in [0, 0.05) is 12.6 Å². The lowest BCUT2D eigenvalue weighted by atomic mass is 10.1. The fourth-order valence-corrected chi connectivity index (χ4v) is 3.09. The van der Waals surface area contributed by atoms with Crippen molar-refractivity contribution < 1.29 is 8.42 Å². The van der Waals surface area contributed by atoms with Gasteiger partial charge in [-0.2, -0.15) is 0 Å². The Balaban J connectivity index is 2.55. The van der Waals surface area contributed by atoms with Gasteiger partial charge in [-0.1, -0.05) is 44.2 Å². The summed E-state index contributed by atoms with van der Waals surface area (Å²) in [6.45, 7) is 4.23. The normalized spacial score (nSPS) is 13.8. The SMILES string of the molecule is CC(C)C(CN)NS(=O)(=O)CCc1ccccc1. The van der Waals surface area contributed by atoms with Crippen LogP contribution >= 0.6 is 0 Å². The zero-order chi connectivity index (χ0) is 13.6. The molecule has 1 atom stereocenters. The van der Waals surface area contributed by atoms with Crippen molar-refractivity contribution in [2.45, 2.75) is 26.3 Å². The first-order valence-corrected chi connectivity index (χ1v) is 7.84. The van der Waals surface area contributed by atoms with Gasteiger partial charge in [0.15, 0.2) is 0 Å². The third-order valence-corrected chi connectivity index (χ3v) is 4.30. The second kappa shape index (κ2) is 6.87. The summed E-state index contributed by atoms with van der Waals surface area (Å²) in [6, 6.07) is 9.40. The molecule has 5 heteroatoms. The smallest absolute Gasteiger partial charge is 0.212 e. The summed E-state index contributed by atoms with van der Waals surface area (Å²) in [4.78, 5) is 0. The van der Waals surface area contributed by atoms with E-state index in [0.29, 0.717) is 13.0 Å². The molecule has 3 N–H and O–H groups in total. The second-order valence-electron chi connectivity index (χ2n) is 4.76. The molecule has 0 saturated heterocycles. The van der Waals surface area contributed by atoms with Crippen LogP contribution in [0, 0.1) is 5.92 Å². The minimum atomic E-state index is -3.27. The topological polar surface area (TPSA) is 72.2 Å². The molecule has 0 spiro atoms. The monoisotopic (exact) mass is 270 g/mol. The molecule has 1 aromatic rings. The van der Waals surface area contributed by atoms with Gasteiger partial charge in [0.1, 0.15) is 0 Å². The van der Waals surface area contributed by atoms with Crippen molar-refractivity contribution in [1.82, 2.24) is 4.72 Å². The van der Waals surface area contributed by atoms with Gasteiger partial charge in [-0.3, -0.25) is 0 Å². The molecule has 0 fully saturated rings. The number of rotatable bonds is 7. The van der Waals surface area contributed by atoms with E-state index in [4.69, 9.17) is 5.73 Å². The van der Waals surface area contributed by atoms with Crippen LogP contribution < -0.4 is 10.5 Å². The Labute approximate surface area is 110 Å². The number of hydrogen-bond acceptors (Lipinski definition) is 3. The lowest BCUT2D eigenvalue weighted by molar-refractivity contribution is 0.454. The van der Waals surface area contributed by atoms with Crippen LogP contribution in [0.1, 0.15) is 19.4 Å². The van der Waals surface area contributed by atoms with E-state index in [1.165, 1.54) is 0 Å². The Hall–Kier alpha value is -0.910. The maximum absolute atomic E-state index is 11.9. The number of sulfonamides is 1. The standard InChI is InChI=1S/C13H22N2O2S/c1-11(2)13(10-14)15-18(16,17)9-8-12-6-4-3-5-7-12/h3-7,11,13,15H,8-10,14H2,1-2H3. The van der Waals surface area contributed by atoms with Gasteiger partial charge in [0.05, 0.1) is 5.75 Å². The van der Waals surface area contributed by atoms with Crippen LogP contribution in [0.15, 0.2) is 30.3 Å². The molecular formula is C13H22N2O2S. The highest BCUT2D eigenvalue weighted by Gasteiger charge is 2.19. The minimum Gasteiger partial charge on any atom is -0.329 e. The molecule has 0 amide bonds. The largest absolute Gasteiger partial charge is 0.329 e. The molecule has 0 aromatic heterocycles. The predicted octanol–water partition coefficient (Wildman–Crippen LogP) is 1.13. The van der Waals surface area contributed by atoms with Gasteiger partial charge in [0.2, 0.25) is 10.0 Å². The zero-order valence-electron chi connectivity index (χ0n) is 11.0. The molecule has 102 valence electrons. The van der Waals surface area contributed by atoms with Gasteiger partial charge in [-0.15, -0.1) is 0 Å². The van der Waals surface area contributed by atoms with Gasteiger partial charge < -0.3 is 5.73 Å². The molecule has 1 aromatic carbocycles. The summed E-state index contributed by atoms with van der Waals surface area (Å²) in [5.74, 6) is 0.293. The third-order valence-electron chi connectivity index (χ3n) is 2.89. The summed E-state index contributed by atoms with van der Waals surface area (Å²) < 4.78 is 26.5. The molecule has 0 aliphatic heterocycles. The van der Waals surface area contributed by atoms with Crippen LogP contribution in [-0.2, 0) is 16.4 Å². The number of nitrogens with one attached hydrogen (secondary N) is 1. The number of nitrogens with two attached hydrogens (primary N) is 1. The Morgan fingerprint density at radius 1 is 1.22 bits per heavy atom. The van der Waals surface area contributed by atoms with E-state index in [0.717, 1.165) is 5.56 Å². The van der Waals surface area contributed by atoms with Gasteiger partial charge >= 0.3 is 0 Å². The van der Waals surface area contributed by atoms with E-state index in [1.54, 1.807) is 0 Å². The Kier molecular flexibility index (Phi) is 5.78. The van der Waals surface area contributed by atoms with Crippen molar-refractivity contribution in [3.8, 4) is 0 Å². The quantitative estimate of drug-likeness (QED) is 0.780. The summed E-state index contributed by atoms with van der Waals surface area (Å²) in [5.41, 5.74) is 6.59. The van der Waals surface area contributed by atoms with Gasteiger partial charge in [0.25, 0.3) is 0 Å². The van der Waals surface area contributed by atoms with E-state index in [9.17, 15) is 8.42 Å². The Morgan fingerprint density at radius 2 is 1.83 bits per heavy atom. The highest BCUT2D eigenvalue weighted by Crippen LogP contribution is 2.05. The van der Waals surface area contributed by atoms with Crippen LogP contribution in [0.4, 0.5) is 0 Å². The van der Waals surface area contributed by atoms with Gasteiger partial charge in [-0.25, -0.2) is 13.1 Å². The summed E-state index contributed by atoms with van der Waals surface area (Å²) in [6.07, 6.45) is 0.519. The zero-order valence-corrected chi connectivity index (χ0v) is 11.8. The highest BCUT2D eigenvalue weighted by molar-refractivity contribution is 7.89. The summed E-state index contributed by atoms with van der Waals surface area (Å²) >= 11 is 0. The first-order valence-electron chi connectivity index (χ1n) is 6.18. The van der Waals surface area contributed by atoms with Crippen molar-refractivity contribution in [1.29, 1.82) is 0 Å². The molecule has 18 heavy (non-hydrogen) atoms. The van der Waals surface area contributed by atoms with E-state index < -0.39 is 10.0 Å². The molecular weight excluding hydrogens is 248 g/mol. The molecule has 0 aliphatic carbocycles. The van der Waals surface area contributed by atoms with Gasteiger partial charge in [-0.05, 0) is 17.9 Å². The summed E-state index contributed by atoms with van der Waals surface area (Å²) in [7, 11) is -3.27. The molecule has 1 rings (SSSR count). The maximum Gasteiger partial charge on any atom is 0.212 e. The van der Waals surface area contributed by atoms with Crippen molar-refractivity contribution in [3.05, 3.63) is 35.9 Å². The molecule has 0 radical (unpaired) electrons. The van der Waals surface area contributed by atoms with Crippen LogP contribution in [0.5, 0.6) is 0 Å². The first-order chi connectivity index (χ1) is 8.44. The molecule has 0 bridgehead atoms. The maximum atomic E-state index is 11.9. The van der Waals surface area contributed by atoms with Crippen molar-refractivity contribution >= 4 is 10.0 Å². The van der Waals surface area contributed by atoms with Crippen LogP contribution in [0.2, 0.25) is 0 Å². The molecule has 0 aliphatic rings. The number of benzene rings is 1. The van der Waals surface area contributed by atoms with Crippen molar-refractivity contribution in [2.24, 2.45) is 11.7 Å². The average Bonchev–Trinajstić information content (AvgIpc) is 2.35. The third kappa shape index (κ3) is 5.16. The minimum absolute atomic E-state index is 0.0975. The fourth-order valence-electron chi connectivity index (χ4n) is 1.64. The molecule has 0 saturated carbocycles. The highest BCUT2D eigenvalue weighted by atomic mass is 32.2. The van der Waals surface area contributed by atoms with E-state index >= 15 is 0 Å². The van der Waals surface area contributed by atoms with Crippen LogP contribution in [-0.4, -0.2) is 26.8 Å². The molecule has 0 heterocycles. The Morgan fingerprint density at radius 3 is 2.33 bits per heavy atom. The van der Waals surface area contributed by atoms with Crippen molar-refractivity contribution in [3.63, 3.8) is 0 Å².